The van der Waals surface area contributed by atoms with E-state index in [1.54, 1.807) is 6.07 Å². The zero-order valence-corrected chi connectivity index (χ0v) is 13.8. The number of aliphatic imine (C=N–C) groups is 1. The molecule has 0 spiro atoms. The third-order valence-corrected chi connectivity index (χ3v) is 4.76. The normalized spacial score (nSPS) is 17.4. The van der Waals surface area contributed by atoms with Crippen LogP contribution in [0.2, 0.25) is 0 Å². The first kappa shape index (κ1) is 15.1. The molecular formula is C19H21FN4. The zero-order chi connectivity index (χ0) is 16.5. The third-order valence-electron chi connectivity index (χ3n) is 4.76. The van der Waals surface area contributed by atoms with Crippen molar-refractivity contribution in [3.8, 4) is 0 Å². The highest BCUT2D eigenvalue weighted by molar-refractivity contribution is 6.07. The Morgan fingerprint density at radius 3 is 2.54 bits per heavy atom. The van der Waals surface area contributed by atoms with Gasteiger partial charge in [-0.3, -0.25) is 0 Å². The van der Waals surface area contributed by atoms with Gasteiger partial charge in [0.05, 0.1) is 22.6 Å². The number of piperazine rings is 1. The summed E-state index contributed by atoms with van der Waals surface area (Å²) in [4.78, 5) is 9.45. The molecule has 0 atom stereocenters. The number of nitrogens with zero attached hydrogens (tertiary/aromatic N) is 3. The van der Waals surface area contributed by atoms with Crippen molar-refractivity contribution in [1.29, 1.82) is 0 Å². The summed E-state index contributed by atoms with van der Waals surface area (Å²) in [6.45, 7) is 6.91. The first-order valence-electron chi connectivity index (χ1n) is 8.47. The monoisotopic (exact) mass is 324 g/mol. The molecule has 1 N–H and O–H groups in total. The number of para-hydroxylation sites is 2. The molecule has 4 nitrogen and oxygen atoms in total. The second kappa shape index (κ2) is 6.24. The quantitative estimate of drug-likeness (QED) is 0.869. The molecule has 2 heterocycles. The summed E-state index contributed by atoms with van der Waals surface area (Å²) in [5.41, 5.74) is 3.10. The van der Waals surface area contributed by atoms with E-state index in [0.29, 0.717) is 5.56 Å². The molecule has 1 fully saturated rings. The smallest absolute Gasteiger partial charge is 0.141 e. The minimum atomic E-state index is -0.232. The minimum absolute atomic E-state index is 0.232. The Balaban J connectivity index is 1.80. The Morgan fingerprint density at radius 2 is 1.75 bits per heavy atom. The van der Waals surface area contributed by atoms with Crippen molar-refractivity contribution in [3.63, 3.8) is 0 Å². The van der Waals surface area contributed by atoms with Gasteiger partial charge in [0.15, 0.2) is 0 Å². The van der Waals surface area contributed by atoms with E-state index in [1.807, 2.05) is 30.3 Å². The van der Waals surface area contributed by atoms with Crippen molar-refractivity contribution in [2.24, 2.45) is 4.99 Å². The summed E-state index contributed by atoms with van der Waals surface area (Å²) in [6.07, 6.45) is 0. The molecule has 0 amide bonds. The van der Waals surface area contributed by atoms with Crippen molar-refractivity contribution in [3.05, 3.63) is 53.8 Å². The molecule has 0 saturated carbocycles. The lowest BCUT2D eigenvalue weighted by atomic mass is 10.1. The molecule has 0 radical (unpaired) electrons. The summed E-state index contributed by atoms with van der Waals surface area (Å²) < 4.78 is 14.7. The second-order valence-corrected chi connectivity index (χ2v) is 6.16. The van der Waals surface area contributed by atoms with E-state index in [4.69, 9.17) is 4.99 Å². The molecule has 0 unspecified atom stereocenters. The number of amidine groups is 1. The van der Waals surface area contributed by atoms with Crippen LogP contribution in [0.5, 0.6) is 0 Å². The first-order valence-corrected chi connectivity index (χ1v) is 8.47. The summed E-state index contributed by atoms with van der Waals surface area (Å²) in [7, 11) is 0. The molecule has 4 rings (SSSR count). The highest BCUT2D eigenvalue weighted by atomic mass is 19.1. The number of hydrogen-bond donors (Lipinski definition) is 1. The van der Waals surface area contributed by atoms with Gasteiger partial charge in [0.1, 0.15) is 11.7 Å². The van der Waals surface area contributed by atoms with E-state index in [-0.39, 0.29) is 5.82 Å². The van der Waals surface area contributed by atoms with Crippen LogP contribution in [0.1, 0.15) is 12.5 Å². The van der Waals surface area contributed by atoms with Crippen molar-refractivity contribution < 1.29 is 4.39 Å². The SMILES string of the molecule is CCN1CCN(C2=Nc3ccccc3Nc3cccc(F)c32)CC1. The predicted molar refractivity (Wildman–Crippen MR) is 96.0 cm³/mol. The fourth-order valence-corrected chi connectivity index (χ4v) is 3.35. The molecule has 5 heteroatoms. The van der Waals surface area contributed by atoms with Gasteiger partial charge in [0.25, 0.3) is 0 Å². The Hall–Kier alpha value is -2.40. The van der Waals surface area contributed by atoms with Gasteiger partial charge in [-0.2, -0.15) is 0 Å². The van der Waals surface area contributed by atoms with Gasteiger partial charge < -0.3 is 15.1 Å². The maximum Gasteiger partial charge on any atom is 0.141 e. The predicted octanol–water partition coefficient (Wildman–Crippen LogP) is 3.60. The van der Waals surface area contributed by atoms with Gasteiger partial charge in [-0.1, -0.05) is 25.1 Å². The number of benzene rings is 2. The van der Waals surface area contributed by atoms with Crippen LogP contribution in [0, 0.1) is 5.82 Å². The highest BCUT2D eigenvalue weighted by Crippen LogP contribution is 2.35. The van der Waals surface area contributed by atoms with Crippen LogP contribution in [0.3, 0.4) is 0 Å². The lowest BCUT2D eigenvalue weighted by molar-refractivity contribution is 0.190. The second-order valence-electron chi connectivity index (χ2n) is 6.16. The maximum atomic E-state index is 14.7. The number of hydrogen-bond acceptors (Lipinski definition) is 4. The summed E-state index contributed by atoms with van der Waals surface area (Å²) in [6, 6.07) is 13.0. The zero-order valence-electron chi connectivity index (χ0n) is 13.8. The molecule has 24 heavy (non-hydrogen) atoms. The van der Waals surface area contributed by atoms with E-state index in [1.165, 1.54) is 6.07 Å². The van der Waals surface area contributed by atoms with Crippen LogP contribution in [-0.2, 0) is 0 Å². The number of likely N-dealkylation sites (N-methyl/N-ethyl adjacent to an activating group) is 1. The highest BCUT2D eigenvalue weighted by Gasteiger charge is 2.26. The van der Waals surface area contributed by atoms with E-state index < -0.39 is 0 Å². The topological polar surface area (TPSA) is 30.9 Å². The van der Waals surface area contributed by atoms with Crippen LogP contribution >= 0.6 is 0 Å². The summed E-state index contributed by atoms with van der Waals surface area (Å²) in [5.74, 6) is 0.501. The van der Waals surface area contributed by atoms with Gasteiger partial charge in [0.2, 0.25) is 0 Å². The number of anilines is 2. The molecule has 2 aliphatic rings. The molecule has 0 bridgehead atoms. The largest absolute Gasteiger partial charge is 0.353 e. The van der Waals surface area contributed by atoms with Crippen LogP contribution < -0.4 is 5.32 Å². The van der Waals surface area contributed by atoms with Gasteiger partial charge >= 0.3 is 0 Å². The van der Waals surface area contributed by atoms with E-state index in [9.17, 15) is 4.39 Å². The summed E-state index contributed by atoms with van der Waals surface area (Å²) in [5, 5.41) is 3.34. The van der Waals surface area contributed by atoms with Gasteiger partial charge in [-0.05, 0) is 30.8 Å². The fourth-order valence-electron chi connectivity index (χ4n) is 3.35. The molecule has 2 aromatic carbocycles. The van der Waals surface area contributed by atoms with E-state index in [0.717, 1.165) is 55.6 Å². The average molecular weight is 324 g/mol. The third kappa shape index (κ3) is 2.65. The fraction of sp³-hybridized carbons (Fsp3) is 0.316. The van der Waals surface area contributed by atoms with Crippen molar-refractivity contribution in [1.82, 2.24) is 9.80 Å². The first-order chi connectivity index (χ1) is 11.8. The van der Waals surface area contributed by atoms with Crippen molar-refractivity contribution in [2.45, 2.75) is 6.92 Å². The lowest BCUT2D eigenvalue weighted by Gasteiger charge is -2.36. The van der Waals surface area contributed by atoms with Crippen LogP contribution in [0.4, 0.5) is 21.5 Å². The lowest BCUT2D eigenvalue weighted by Crippen LogP contribution is -2.48. The molecule has 1 saturated heterocycles. The average Bonchev–Trinajstić information content (AvgIpc) is 2.79. The van der Waals surface area contributed by atoms with E-state index in [2.05, 4.69) is 22.0 Å². The standard InChI is InChI=1S/C19H21FN4/c1-2-23-10-12-24(13-11-23)19-18-14(20)6-5-9-17(18)21-15-7-3-4-8-16(15)22-19/h3-9,21H,2,10-13H2,1H3. The molecule has 2 aromatic rings. The molecule has 2 aliphatic heterocycles. The van der Waals surface area contributed by atoms with E-state index >= 15 is 0 Å². The molecule has 124 valence electrons. The van der Waals surface area contributed by atoms with Gasteiger partial charge in [-0.25, -0.2) is 9.38 Å². The molecule has 0 aliphatic carbocycles. The van der Waals surface area contributed by atoms with Gasteiger partial charge in [-0.15, -0.1) is 0 Å². The van der Waals surface area contributed by atoms with Crippen LogP contribution in [0.25, 0.3) is 0 Å². The molecule has 0 aromatic heterocycles. The van der Waals surface area contributed by atoms with Crippen LogP contribution in [0.15, 0.2) is 47.5 Å². The minimum Gasteiger partial charge on any atom is -0.353 e. The van der Waals surface area contributed by atoms with Crippen molar-refractivity contribution >= 4 is 22.9 Å². The van der Waals surface area contributed by atoms with Crippen molar-refractivity contribution in [2.75, 3.05) is 38.0 Å². The van der Waals surface area contributed by atoms with Crippen LogP contribution in [-0.4, -0.2) is 48.4 Å². The number of nitrogens with one attached hydrogen (secondary N) is 1. The number of halogens is 1. The Kier molecular flexibility index (Phi) is 3.94. The molecular weight excluding hydrogens is 303 g/mol. The Bertz CT molecular complexity index is 779. The summed E-state index contributed by atoms with van der Waals surface area (Å²) >= 11 is 0. The Morgan fingerprint density at radius 1 is 1.00 bits per heavy atom. The Labute approximate surface area is 141 Å². The number of fused-ring (bicyclic) bond motifs is 2. The maximum absolute atomic E-state index is 14.7. The number of rotatable bonds is 1. The van der Waals surface area contributed by atoms with Gasteiger partial charge in [0, 0.05) is 26.2 Å².